The van der Waals surface area contributed by atoms with E-state index in [1.54, 1.807) is 0 Å². The summed E-state index contributed by atoms with van der Waals surface area (Å²) in [6, 6.07) is 16.4. The number of aliphatic hydroxyl groups is 1. The highest BCUT2D eigenvalue weighted by Gasteiger charge is 2.09. The summed E-state index contributed by atoms with van der Waals surface area (Å²) in [5.74, 6) is 0.889. The van der Waals surface area contributed by atoms with E-state index < -0.39 is 0 Å². The molecule has 0 aromatic heterocycles. The summed E-state index contributed by atoms with van der Waals surface area (Å²) < 4.78 is 5.44. The smallest absolute Gasteiger partial charge is 0.119 e. The van der Waals surface area contributed by atoms with Crippen molar-refractivity contribution in [1.29, 1.82) is 0 Å². The molecule has 2 rings (SSSR count). The van der Waals surface area contributed by atoms with Gasteiger partial charge in [-0.15, -0.1) is 0 Å². The summed E-state index contributed by atoms with van der Waals surface area (Å²) in [4.78, 5) is 0. The fourth-order valence-corrected chi connectivity index (χ4v) is 2.38. The van der Waals surface area contributed by atoms with Crippen LogP contribution in [0, 0.1) is 0 Å². The molecule has 0 amide bonds. The zero-order valence-electron chi connectivity index (χ0n) is 13.4. The average molecular weight is 299 g/mol. The second-order valence-electron chi connectivity index (χ2n) is 5.29. The van der Waals surface area contributed by atoms with Gasteiger partial charge in [-0.25, -0.2) is 0 Å². The van der Waals surface area contributed by atoms with Gasteiger partial charge in [0.05, 0.1) is 19.3 Å². The monoisotopic (exact) mass is 299 g/mol. The molecule has 0 aliphatic carbocycles. The lowest BCUT2D eigenvalue weighted by atomic mass is 10.0. The van der Waals surface area contributed by atoms with Crippen LogP contribution in [0.3, 0.4) is 0 Å². The van der Waals surface area contributed by atoms with Crippen molar-refractivity contribution in [2.45, 2.75) is 32.9 Å². The van der Waals surface area contributed by atoms with Crippen LogP contribution in [0.5, 0.6) is 5.75 Å². The third-order valence-corrected chi connectivity index (χ3v) is 3.76. The first kappa shape index (κ1) is 16.5. The Kier molecular flexibility index (Phi) is 6.44. The van der Waals surface area contributed by atoms with Crippen molar-refractivity contribution in [3.8, 4) is 5.75 Å². The Balaban J connectivity index is 1.94. The van der Waals surface area contributed by atoms with Crippen LogP contribution in [0.1, 0.15) is 36.6 Å². The molecular formula is C19H25NO2. The van der Waals surface area contributed by atoms with Crippen molar-refractivity contribution < 1.29 is 9.84 Å². The van der Waals surface area contributed by atoms with Crippen molar-refractivity contribution in [2.24, 2.45) is 0 Å². The lowest BCUT2D eigenvalue weighted by molar-refractivity contribution is 0.243. The average Bonchev–Trinajstić information content (AvgIpc) is 2.58. The van der Waals surface area contributed by atoms with E-state index in [1.165, 1.54) is 11.1 Å². The van der Waals surface area contributed by atoms with E-state index in [9.17, 15) is 5.11 Å². The number of nitrogens with one attached hydrogen (secondary N) is 1. The highest BCUT2D eigenvalue weighted by molar-refractivity contribution is 5.28. The molecule has 3 heteroatoms. The highest BCUT2D eigenvalue weighted by atomic mass is 16.5. The standard InChI is InChI=1S/C19H25NO2/c1-3-15-5-9-17(10-6-15)19(14-21)20-13-16-7-11-18(12-8-16)22-4-2/h5-12,19-21H,3-4,13-14H2,1-2H3. The largest absolute Gasteiger partial charge is 0.494 e. The molecule has 0 aliphatic rings. The summed E-state index contributed by atoms with van der Waals surface area (Å²) in [5.41, 5.74) is 3.60. The van der Waals surface area contributed by atoms with E-state index in [2.05, 4.69) is 36.5 Å². The van der Waals surface area contributed by atoms with Gasteiger partial charge in [-0.1, -0.05) is 43.3 Å². The van der Waals surface area contributed by atoms with Crippen LogP contribution in [-0.4, -0.2) is 18.3 Å². The van der Waals surface area contributed by atoms with Gasteiger partial charge >= 0.3 is 0 Å². The van der Waals surface area contributed by atoms with Crippen LogP contribution >= 0.6 is 0 Å². The van der Waals surface area contributed by atoms with Crippen LogP contribution in [0.2, 0.25) is 0 Å². The fraction of sp³-hybridized carbons (Fsp3) is 0.368. The molecule has 0 heterocycles. The van der Waals surface area contributed by atoms with E-state index in [0.717, 1.165) is 17.7 Å². The quantitative estimate of drug-likeness (QED) is 0.784. The summed E-state index contributed by atoms with van der Waals surface area (Å²) in [5, 5.41) is 13.0. The van der Waals surface area contributed by atoms with Crippen LogP contribution in [-0.2, 0) is 13.0 Å². The second kappa shape index (κ2) is 8.57. The molecule has 2 aromatic rings. The Labute approximate surface area is 133 Å². The maximum atomic E-state index is 9.62. The van der Waals surface area contributed by atoms with Gasteiger partial charge in [-0.2, -0.15) is 0 Å². The van der Waals surface area contributed by atoms with Gasteiger partial charge in [0, 0.05) is 6.54 Å². The van der Waals surface area contributed by atoms with E-state index in [4.69, 9.17) is 4.74 Å². The fourth-order valence-electron chi connectivity index (χ4n) is 2.38. The molecule has 1 unspecified atom stereocenters. The minimum absolute atomic E-state index is 0.0440. The predicted molar refractivity (Wildman–Crippen MR) is 90.1 cm³/mol. The number of ether oxygens (including phenoxy) is 1. The molecule has 2 N–H and O–H groups in total. The topological polar surface area (TPSA) is 41.5 Å². The molecule has 0 saturated heterocycles. The van der Waals surface area contributed by atoms with Crippen molar-refractivity contribution in [1.82, 2.24) is 5.32 Å². The number of benzene rings is 2. The maximum Gasteiger partial charge on any atom is 0.119 e. The van der Waals surface area contributed by atoms with Gasteiger partial charge in [-0.05, 0) is 42.2 Å². The molecule has 3 nitrogen and oxygen atoms in total. The van der Waals surface area contributed by atoms with Gasteiger partial charge in [0.25, 0.3) is 0 Å². The Hall–Kier alpha value is -1.84. The Morgan fingerprint density at radius 1 is 0.955 bits per heavy atom. The number of rotatable bonds is 8. The molecule has 0 saturated carbocycles. The van der Waals surface area contributed by atoms with Crippen LogP contribution in [0.25, 0.3) is 0 Å². The predicted octanol–water partition coefficient (Wildman–Crippen LogP) is 3.47. The molecule has 0 fully saturated rings. The molecule has 0 spiro atoms. The highest BCUT2D eigenvalue weighted by Crippen LogP contribution is 2.16. The van der Waals surface area contributed by atoms with E-state index in [0.29, 0.717) is 13.2 Å². The first-order valence-electron chi connectivity index (χ1n) is 7.91. The molecule has 1 atom stereocenters. The number of hydrogen-bond donors (Lipinski definition) is 2. The third kappa shape index (κ3) is 4.58. The van der Waals surface area contributed by atoms with Crippen molar-refractivity contribution in [2.75, 3.05) is 13.2 Å². The summed E-state index contributed by atoms with van der Waals surface area (Å²) in [7, 11) is 0. The minimum atomic E-state index is -0.0440. The molecular weight excluding hydrogens is 274 g/mol. The van der Waals surface area contributed by atoms with E-state index in [-0.39, 0.29) is 12.6 Å². The lowest BCUT2D eigenvalue weighted by Gasteiger charge is -2.17. The first-order valence-corrected chi connectivity index (χ1v) is 7.91. The number of aryl methyl sites for hydroxylation is 1. The SMILES string of the molecule is CCOc1ccc(CNC(CO)c2ccc(CC)cc2)cc1. The Morgan fingerprint density at radius 2 is 1.59 bits per heavy atom. The summed E-state index contributed by atoms with van der Waals surface area (Å²) in [6.07, 6.45) is 1.03. The molecule has 0 bridgehead atoms. The molecule has 2 aromatic carbocycles. The van der Waals surface area contributed by atoms with Gasteiger partial charge in [0.1, 0.15) is 5.75 Å². The lowest BCUT2D eigenvalue weighted by Crippen LogP contribution is -2.24. The first-order chi connectivity index (χ1) is 10.8. The van der Waals surface area contributed by atoms with Crippen molar-refractivity contribution in [3.05, 3.63) is 65.2 Å². The van der Waals surface area contributed by atoms with Crippen LogP contribution in [0.4, 0.5) is 0 Å². The second-order valence-corrected chi connectivity index (χ2v) is 5.29. The maximum absolute atomic E-state index is 9.62. The van der Waals surface area contributed by atoms with Gasteiger partial charge in [0.2, 0.25) is 0 Å². The normalized spacial score (nSPS) is 12.1. The zero-order chi connectivity index (χ0) is 15.8. The molecule has 0 radical (unpaired) electrons. The number of aliphatic hydroxyl groups excluding tert-OH is 1. The van der Waals surface area contributed by atoms with Crippen LogP contribution < -0.4 is 10.1 Å². The molecule has 0 aliphatic heterocycles. The third-order valence-electron chi connectivity index (χ3n) is 3.76. The zero-order valence-corrected chi connectivity index (χ0v) is 13.4. The van der Waals surface area contributed by atoms with Crippen molar-refractivity contribution >= 4 is 0 Å². The number of hydrogen-bond acceptors (Lipinski definition) is 3. The minimum Gasteiger partial charge on any atom is -0.494 e. The summed E-state index contributed by atoms with van der Waals surface area (Å²) in [6.45, 7) is 5.60. The Morgan fingerprint density at radius 3 is 2.14 bits per heavy atom. The van der Waals surface area contributed by atoms with E-state index in [1.807, 2.05) is 31.2 Å². The van der Waals surface area contributed by atoms with E-state index >= 15 is 0 Å². The Bertz CT molecular complexity index is 549. The molecule has 22 heavy (non-hydrogen) atoms. The van der Waals surface area contributed by atoms with Gasteiger partial charge in [-0.3, -0.25) is 0 Å². The molecule has 118 valence electrons. The van der Waals surface area contributed by atoms with Crippen LogP contribution in [0.15, 0.2) is 48.5 Å². The summed E-state index contributed by atoms with van der Waals surface area (Å²) >= 11 is 0. The van der Waals surface area contributed by atoms with Gasteiger partial charge < -0.3 is 15.2 Å². The van der Waals surface area contributed by atoms with Crippen molar-refractivity contribution in [3.63, 3.8) is 0 Å². The van der Waals surface area contributed by atoms with Gasteiger partial charge in [0.15, 0.2) is 0 Å².